The molecule has 1 saturated heterocycles. The molecule has 1 amide bonds. The number of carbonyl (C=O) groups excluding carboxylic acids is 2. The van der Waals surface area contributed by atoms with Crippen LogP contribution in [0.1, 0.15) is 55.6 Å². The number of hydrogen-bond acceptors (Lipinski definition) is 6. The summed E-state index contributed by atoms with van der Waals surface area (Å²) >= 11 is 0. The van der Waals surface area contributed by atoms with Crippen LogP contribution in [0.4, 0.5) is 5.69 Å². The molecule has 0 aliphatic carbocycles. The van der Waals surface area contributed by atoms with Crippen molar-refractivity contribution in [2.24, 2.45) is 5.92 Å². The van der Waals surface area contributed by atoms with Gasteiger partial charge < -0.3 is 14.5 Å². The largest absolute Gasteiger partial charge is 0.460 e. The van der Waals surface area contributed by atoms with Crippen molar-refractivity contribution >= 4 is 27.6 Å². The van der Waals surface area contributed by atoms with Crippen molar-refractivity contribution in [2.75, 3.05) is 25.0 Å². The van der Waals surface area contributed by atoms with Crippen molar-refractivity contribution in [3.05, 3.63) is 47.7 Å². The molecule has 0 bridgehead atoms. The minimum atomic E-state index is -3.89. The molecule has 1 aliphatic rings. The Balaban J connectivity index is 1.62. The predicted molar refractivity (Wildman–Crippen MR) is 115 cm³/mol. The summed E-state index contributed by atoms with van der Waals surface area (Å²) in [6, 6.07) is 10.2. The maximum Gasteiger partial charge on any atom is 0.374 e. The Morgan fingerprint density at radius 1 is 1.16 bits per heavy atom. The lowest BCUT2D eigenvalue weighted by Crippen LogP contribution is -2.41. The summed E-state index contributed by atoms with van der Waals surface area (Å²) in [7, 11) is -3.89. The zero-order valence-corrected chi connectivity index (χ0v) is 18.8. The van der Waals surface area contributed by atoms with E-state index in [1.54, 1.807) is 6.92 Å². The molecule has 9 heteroatoms. The number of piperidine rings is 1. The van der Waals surface area contributed by atoms with E-state index in [4.69, 9.17) is 9.15 Å². The number of anilines is 1. The summed E-state index contributed by atoms with van der Waals surface area (Å²) in [5.41, 5.74) is 1.85. The highest BCUT2D eigenvalue weighted by atomic mass is 32.2. The van der Waals surface area contributed by atoms with E-state index in [-0.39, 0.29) is 48.3 Å². The molecule has 8 nitrogen and oxygen atoms in total. The lowest BCUT2D eigenvalue weighted by atomic mass is 9.96. The van der Waals surface area contributed by atoms with Gasteiger partial charge >= 0.3 is 5.97 Å². The molecule has 1 N–H and O–H groups in total. The second kappa shape index (κ2) is 9.65. The Bertz CT molecular complexity index is 1040. The minimum absolute atomic E-state index is 0.104. The Hall–Kier alpha value is -2.65. The third-order valence-corrected chi connectivity index (χ3v) is 7.09. The number of benzene rings is 1. The van der Waals surface area contributed by atoms with Crippen molar-refractivity contribution in [2.45, 2.75) is 44.6 Å². The average Bonchev–Trinajstić information content (AvgIpc) is 3.25. The van der Waals surface area contributed by atoms with Crippen LogP contribution in [0, 0.1) is 5.92 Å². The molecule has 168 valence electrons. The van der Waals surface area contributed by atoms with Gasteiger partial charge in [-0.15, -0.1) is 0 Å². The van der Waals surface area contributed by atoms with Crippen LogP contribution in [0.25, 0.3) is 0 Å². The van der Waals surface area contributed by atoms with E-state index in [9.17, 15) is 18.0 Å². The van der Waals surface area contributed by atoms with Crippen LogP contribution >= 0.6 is 0 Å². The first kappa shape index (κ1) is 23.0. The number of nitrogens with one attached hydrogen (secondary N) is 1. The highest BCUT2D eigenvalue weighted by molar-refractivity contribution is 7.89. The van der Waals surface area contributed by atoms with E-state index < -0.39 is 16.0 Å². The second-order valence-electron chi connectivity index (χ2n) is 7.75. The van der Waals surface area contributed by atoms with E-state index in [1.807, 2.05) is 24.3 Å². The maximum absolute atomic E-state index is 12.8. The molecule has 3 rings (SSSR count). The summed E-state index contributed by atoms with van der Waals surface area (Å²) in [4.78, 5) is 24.5. The van der Waals surface area contributed by atoms with Crippen LogP contribution in [0.3, 0.4) is 0 Å². The number of esters is 1. The fraction of sp³-hybridized carbons (Fsp3) is 0.455. The van der Waals surface area contributed by atoms with Crippen LogP contribution in [-0.4, -0.2) is 44.3 Å². The molecule has 1 aliphatic heterocycles. The van der Waals surface area contributed by atoms with Gasteiger partial charge in [-0.25, -0.2) is 13.2 Å². The zero-order chi connectivity index (χ0) is 22.6. The monoisotopic (exact) mass is 448 g/mol. The van der Waals surface area contributed by atoms with Gasteiger partial charge in [0.1, 0.15) is 0 Å². The van der Waals surface area contributed by atoms with Gasteiger partial charge in [-0.1, -0.05) is 32.0 Å². The third kappa shape index (κ3) is 5.16. The summed E-state index contributed by atoms with van der Waals surface area (Å²) in [6.07, 6.45) is 0.806. The van der Waals surface area contributed by atoms with Crippen LogP contribution in [-0.2, 0) is 19.6 Å². The SMILES string of the molecule is CCOC(=O)c1ccc(S(=O)(=O)N2CCC(C(=O)Nc3ccccc3C(C)C)CC2)o1. The van der Waals surface area contributed by atoms with E-state index in [0.29, 0.717) is 12.8 Å². The molecule has 0 unspecified atom stereocenters. The van der Waals surface area contributed by atoms with E-state index in [2.05, 4.69) is 19.2 Å². The first-order chi connectivity index (χ1) is 14.7. The first-order valence-electron chi connectivity index (χ1n) is 10.4. The van der Waals surface area contributed by atoms with Crippen molar-refractivity contribution in [1.29, 1.82) is 0 Å². The molecule has 1 aromatic heterocycles. The van der Waals surface area contributed by atoms with Gasteiger partial charge in [0.25, 0.3) is 10.0 Å². The molecule has 0 atom stereocenters. The van der Waals surface area contributed by atoms with Gasteiger partial charge in [0.15, 0.2) is 0 Å². The maximum atomic E-state index is 12.8. The van der Waals surface area contributed by atoms with Crippen LogP contribution in [0.15, 0.2) is 45.9 Å². The number of para-hydroxylation sites is 1. The van der Waals surface area contributed by atoms with Crippen molar-refractivity contribution in [3.8, 4) is 0 Å². The Labute approximate surface area is 182 Å². The van der Waals surface area contributed by atoms with Gasteiger partial charge in [0, 0.05) is 24.7 Å². The minimum Gasteiger partial charge on any atom is -0.460 e. The number of sulfonamides is 1. The number of nitrogens with zero attached hydrogens (tertiary/aromatic N) is 1. The molecule has 2 heterocycles. The lowest BCUT2D eigenvalue weighted by Gasteiger charge is -2.30. The number of ether oxygens (including phenoxy) is 1. The lowest BCUT2D eigenvalue weighted by molar-refractivity contribution is -0.120. The highest BCUT2D eigenvalue weighted by Crippen LogP contribution is 2.28. The van der Waals surface area contributed by atoms with Gasteiger partial charge in [0.05, 0.1) is 6.61 Å². The number of furan rings is 1. The van der Waals surface area contributed by atoms with E-state index >= 15 is 0 Å². The van der Waals surface area contributed by atoms with E-state index in [1.165, 1.54) is 16.4 Å². The zero-order valence-electron chi connectivity index (χ0n) is 18.0. The summed E-state index contributed by atoms with van der Waals surface area (Å²) in [6.45, 7) is 6.34. The van der Waals surface area contributed by atoms with Crippen molar-refractivity contribution < 1.29 is 27.2 Å². The molecule has 0 radical (unpaired) electrons. The molecule has 0 saturated carbocycles. The van der Waals surface area contributed by atoms with Crippen LogP contribution < -0.4 is 5.32 Å². The molecule has 31 heavy (non-hydrogen) atoms. The van der Waals surface area contributed by atoms with Crippen LogP contribution in [0.2, 0.25) is 0 Å². The third-order valence-electron chi connectivity index (χ3n) is 5.32. The van der Waals surface area contributed by atoms with Gasteiger partial charge in [-0.2, -0.15) is 4.31 Å². The Morgan fingerprint density at radius 2 is 1.84 bits per heavy atom. The quantitative estimate of drug-likeness (QED) is 0.649. The average molecular weight is 449 g/mol. The summed E-state index contributed by atoms with van der Waals surface area (Å²) in [5, 5.41) is 2.70. The Kier molecular flexibility index (Phi) is 7.17. The molecular weight excluding hydrogens is 420 g/mol. The van der Waals surface area contributed by atoms with Gasteiger partial charge in [-0.05, 0) is 49.4 Å². The number of carbonyl (C=O) groups is 2. The summed E-state index contributed by atoms with van der Waals surface area (Å²) < 4.78 is 37.0. The number of rotatable bonds is 7. The van der Waals surface area contributed by atoms with Gasteiger partial charge in [-0.3, -0.25) is 4.79 Å². The molecule has 2 aromatic rings. The fourth-order valence-corrected chi connectivity index (χ4v) is 4.99. The molecule has 1 fully saturated rings. The summed E-state index contributed by atoms with van der Waals surface area (Å²) in [5.74, 6) is -0.970. The predicted octanol–water partition coefficient (Wildman–Crippen LogP) is 3.62. The second-order valence-corrected chi connectivity index (χ2v) is 9.62. The topological polar surface area (TPSA) is 106 Å². The fourth-order valence-electron chi connectivity index (χ4n) is 3.61. The van der Waals surface area contributed by atoms with E-state index in [0.717, 1.165) is 11.3 Å². The molecule has 0 spiro atoms. The van der Waals surface area contributed by atoms with Crippen molar-refractivity contribution in [3.63, 3.8) is 0 Å². The Morgan fingerprint density at radius 3 is 2.48 bits per heavy atom. The smallest absolute Gasteiger partial charge is 0.374 e. The standard InChI is InChI=1S/C22H28N2O6S/c1-4-29-22(26)19-9-10-20(30-19)31(27,28)24-13-11-16(12-14-24)21(25)23-18-8-6-5-7-17(18)15(2)3/h5-10,15-16H,4,11-14H2,1-3H3,(H,23,25). The van der Waals surface area contributed by atoms with Crippen LogP contribution in [0.5, 0.6) is 0 Å². The van der Waals surface area contributed by atoms with Gasteiger partial charge in [0.2, 0.25) is 16.8 Å². The highest BCUT2D eigenvalue weighted by Gasteiger charge is 2.34. The first-order valence-corrected chi connectivity index (χ1v) is 11.8. The number of amides is 1. The van der Waals surface area contributed by atoms with Crippen molar-refractivity contribution in [1.82, 2.24) is 4.31 Å². The molecule has 1 aromatic carbocycles. The molecular formula is C22H28N2O6S. The normalized spacial score (nSPS) is 15.7. The number of hydrogen-bond donors (Lipinski definition) is 1.